The molecule has 0 aromatic carbocycles. The van der Waals surface area contributed by atoms with Gasteiger partial charge in [-0.25, -0.2) is 0 Å². The molecule has 0 fully saturated rings. The summed E-state index contributed by atoms with van der Waals surface area (Å²) in [6.45, 7) is 0.778. The maximum absolute atomic E-state index is 4.51. The van der Waals surface area contributed by atoms with E-state index in [0.29, 0.717) is 0 Å². The van der Waals surface area contributed by atoms with E-state index in [1.165, 1.54) is 0 Å². The maximum Gasteiger partial charge on any atom is 0.122 e. The molecular weight excluding hydrogens is 146 g/mol. The Labute approximate surface area is 46.9 Å². The summed E-state index contributed by atoms with van der Waals surface area (Å²) in [4.78, 5) is 4.51. The van der Waals surface area contributed by atoms with Crippen LogP contribution < -0.4 is 0 Å². The summed E-state index contributed by atoms with van der Waals surface area (Å²) < 4.78 is 0. The van der Waals surface area contributed by atoms with Gasteiger partial charge in [-0.2, -0.15) is 0 Å². The number of rotatable bonds is 0. The van der Waals surface area contributed by atoms with E-state index in [4.69, 9.17) is 0 Å². The Bertz CT molecular complexity index is 48.8. The minimum absolute atomic E-state index is 0. The zero-order chi connectivity index (χ0) is 3.54. The zero-order valence-electron chi connectivity index (χ0n) is 3.26. The molecule has 1 rings (SSSR count). The first-order chi connectivity index (χ1) is 2.50. The Morgan fingerprint density at radius 2 is 2.50 bits per heavy atom. The van der Waals surface area contributed by atoms with Crippen LogP contribution in [0.5, 0.6) is 0 Å². The molecule has 0 aromatic heterocycles. The second kappa shape index (κ2) is 3.15. The largest absolute Gasteiger partial charge is 0.396 e. The number of hydrogen-bond donors (Lipinski definition) is 0. The third kappa shape index (κ3) is 1.40. The Hall–Kier alpha value is -0.0500. The van der Waals surface area contributed by atoms with E-state index in [-0.39, 0.29) is 17.0 Å². The van der Waals surface area contributed by atoms with E-state index < -0.39 is 0 Å². The number of hydrogen-bond acceptors (Lipinski definition) is 2. The van der Waals surface area contributed by atoms with Crippen LogP contribution in [0.3, 0.4) is 0 Å². The van der Waals surface area contributed by atoms with Crippen LogP contribution >= 0.6 is 17.0 Å². The SMILES string of the molecule is Br.C1=NOCC1. The van der Waals surface area contributed by atoms with E-state index in [2.05, 4.69) is 9.99 Å². The average Bonchev–Trinajstić information content (AvgIpc) is 1.76. The molecule has 0 unspecified atom stereocenters. The molecule has 1 aliphatic rings. The third-order valence-corrected chi connectivity index (χ3v) is 0.487. The maximum atomic E-state index is 4.51. The fourth-order valence-corrected chi connectivity index (χ4v) is 0.264. The van der Waals surface area contributed by atoms with Gasteiger partial charge in [-0.3, -0.25) is 0 Å². The van der Waals surface area contributed by atoms with Crippen molar-refractivity contribution in [3.63, 3.8) is 0 Å². The van der Waals surface area contributed by atoms with Crippen molar-refractivity contribution < 1.29 is 4.84 Å². The predicted molar refractivity (Wildman–Crippen MR) is 29.4 cm³/mol. The van der Waals surface area contributed by atoms with Gasteiger partial charge >= 0.3 is 0 Å². The van der Waals surface area contributed by atoms with Gasteiger partial charge in [0.1, 0.15) is 6.61 Å². The van der Waals surface area contributed by atoms with Crippen molar-refractivity contribution >= 4 is 23.2 Å². The lowest BCUT2D eigenvalue weighted by Gasteiger charge is -1.76. The summed E-state index contributed by atoms with van der Waals surface area (Å²) in [6, 6.07) is 0. The molecule has 0 saturated carbocycles. The molecule has 0 radical (unpaired) electrons. The predicted octanol–water partition coefficient (Wildman–Crippen LogP) is 0.970. The monoisotopic (exact) mass is 151 g/mol. The number of nitrogens with zero attached hydrogens (tertiary/aromatic N) is 1. The first-order valence-electron chi connectivity index (χ1n) is 1.64. The van der Waals surface area contributed by atoms with Crippen LogP contribution in [-0.4, -0.2) is 12.8 Å². The molecule has 2 nitrogen and oxygen atoms in total. The second-order valence-corrected chi connectivity index (χ2v) is 0.910. The standard InChI is InChI=1S/C3H5NO.BrH/c1-2-4-5-3-1;/h2H,1,3H2;1H. The minimum atomic E-state index is 0. The smallest absolute Gasteiger partial charge is 0.122 e. The normalized spacial score (nSPS) is 16.0. The summed E-state index contributed by atoms with van der Waals surface area (Å²) in [7, 11) is 0. The lowest BCUT2D eigenvalue weighted by Crippen LogP contribution is -1.72. The molecule has 0 aliphatic carbocycles. The Morgan fingerprint density at radius 1 is 1.67 bits per heavy atom. The fraction of sp³-hybridized carbons (Fsp3) is 0.667. The van der Waals surface area contributed by atoms with Crippen LogP contribution in [0.4, 0.5) is 0 Å². The first kappa shape index (κ1) is 5.95. The van der Waals surface area contributed by atoms with Gasteiger partial charge in [-0.15, -0.1) is 17.0 Å². The highest BCUT2D eigenvalue weighted by atomic mass is 79.9. The van der Waals surface area contributed by atoms with Gasteiger partial charge in [-0.05, 0) is 0 Å². The van der Waals surface area contributed by atoms with Crippen LogP contribution in [0.25, 0.3) is 0 Å². The van der Waals surface area contributed by atoms with Crippen LogP contribution in [0.1, 0.15) is 6.42 Å². The summed E-state index contributed by atoms with van der Waals surface area (Å²) in [6.07, 6.45) is 2.75. The molecule has 0 aromatic rings. The van der Waals surface area contributed by atoms with Crippen molar-refractivity contribution in [1.82, 2.24) is 0 Å². The van der Waals surface area contributed by atoms with Crippen molar-refractivity contribution in [2.24, 2.45) is 5.16 Å². The molecule has 0 saturated heterocycles. The molecule has 0 bridgehead atoms. The zero-order valence-corrected chi connectivity index (χ0v) is 4.97. The van der Waals surface area contributed by atoms with E-state index >= 15 is 0 Å². The van der Waals surface area contributed by atoms with E-state index in [0.717, 1.165) is 13.0 Å². The Kier molecular flexibility index (Phi) is 3.13. The first-order valence-corrected chi connectivity index (χ1v) is 1.64. The summed E-state index contributed by atoms with van der Waals surface area (Å²) in [5.41, 5.74) is 0. The van der Waals surface area contributed by atoms with E-state index in [9.17, 15) is 0 Å². The highest BCUT2D eigenvalue weighted by Gasteiger charge is 1.86. The average molecular weight is 152 g/mol. The van der Waals surface area contributed by atoms with Gasteiger partial charge in [0.25, 0.3) is 0 Å². The molecule has 6 heavy (non-hydrogen) atoms. The molecule has 0 spiro atoms. The van der Waals surface area contributed by atoms with E-state index in [1.54, 1.807) is 6.21 Å². The van der Waals surface area contributed by atoms with Gasteiger partial charge in [0.2, 0.25) is 0 Å². The topological polar surface area (TPSA) is 21.6 Å². The van der Waals surface area contributed by atoms with Crippen molar-refractivity contribution in [3.05, 3.63) is 0 Å². The molecule has 0 N–H and O–H groups in total. The molecule has 36 valence electrons. The molecule has 1 heterocycles. The number of oxime groups is 1. The lowest BCUT2D eigenvalue weighted by molar-refractivity contribution is 0.174. The van der Waals surface area contributed by atoms with E-state index in [1.807, 2.05) is 0 Å². The molecular formula is C3H6BrNO. The Morgan fingerprint density at radius 3 is 2.67 bits per heavy atom. The lowest BCUT2D eigenvalue weighted by atomic mass is 10.5. The summed E-state index contributed by atoms with van der Waals surface area (Å²) in [5.74, 6) is 0. The second-order valence-electron chi connectivity index (χ2n) is 0.910. The number of halogens is 1. The molecule has 0 atom stereocenters. The highest BCUT2D eigenvalue weighted by Crippen LogP contribution is 1.86. The van der Waals surface area contributed by atoms with Crippen molar-refractivity contribution in [1.29, 1.82) is 0 Å². The molecule has 1 aliphatic heterocycles. The quantitative estimate of drug-likeness (QED) is 0.506. The Balaban J connectivity index is 0.000000250. The molecule has 3 heteroatoms. The van der Waals surface area contributed by atoms with Crippen LogP contribution in [0.15, 0.2) is 5.16 Å². The van der Waals surface area contributed by atoms with Gasteiger partial charge in [0, 0.05) is 12.6 Å². The summed E-state index contributed by atoms with van der Waals surface area (Å²) >= 11 is 0. The van der Waals surface area contributed by atoms with Gasteiger partial charge in [0.15, 0.2) is 0 Å². The van der Waals surface area contributed by atoms with Crippen molar-refractivity contribution in [3.8, 4) is 0 Å². The third-order valence-electron chi connectivity index (χ3n) is 0.487. The van der Waals surface area contributed by atoms with Crippen molar-refractivity contribution in [2.75, 3.05) is 6.61 Å². The van der Waals surface area contributed by atoms with Gasteiger partial charge in [0.05, 0.1) is 0 Å². The van der Waals surface area contributed by atoms with Crippen LogP contribution in [0, 0.1) is 0 Å². The summed E-state index contributed by atoms with van der Waals surface area (Å²) in [5, 5.41) is 3.46. The van der Waals surface area contributed by atoms with Crippen molar-refractivity contribution in [2.45, 2.75) is 6.42 Å². The molecule has 0 amide bonds. The van der Waals surface area contributed by atoms with Crippen LogP contribution in [0.2, 0.25) is 0 Å². The van der Waals surface area contributed by atoms with Crippen LogP contribution in [-0.2, 0) is 4.84 Å². The fourth-order valence-electron chi connectivity index (χ4n) is 0.264. The highest BCUT2D eigenvalue weighted by molar-refractivity contribution is 8.93. The minimum Gasteiger partial charge on any atom is -0.396 e. The van der Waals surface area contributed by atoms with Gasteiger partial charge in [-0.1, -0.05) is 5.16 Å². The van der Waals surface area contributed by atoms with Gasteiger partial charge < -0.3 is 4.84 Å².